The minimum atomic E-state index is -4.94. The Kier molecular flexibility index (Phi) is 4.76. The maximum atomic E-state index is 14.2. The van der Waals surface area contributed by atoms with Crippen molar-refractivity contribution in [1.29, 1.82) is 0 Å². The fourth-order valence-electron chi connectivity index (χ4n) is 2.14. The maximum Gasteiger partial charge on any atom is 0.431 e. The average Bonchev–Trinajstić information content (AvgIpc) is 2.51. The van der Waals surface area contributed by atoms with Gasteiger partial charge in [-0.05, 0) is 12.1 Å². The summed E-state index contributed by atoms with van der Waals surface area (Å²) in [5.41, 5.74) is -4.93. The number of aromatic nitrogens is 2. The number of benzene rings is 1. The van der Waals surface area contributed by atoms with Crippen LogP contribution >= 0.6 is 11.6 Å². The van der Waals surface area contributed by atoms with Crippen LogP contribution in [-0.2, 0) is 18.0 Å². The number of halogens is 5. The quantitative estimate of drug-likeness (QED) is 0.605. The van der Waals surface area contributed by atoms with E-state index >= 15 is 0 Å². The number of nitrogens with zero attached hydrogens (tertiary/aromatic N) is 3. The topological polar surface area (TPSA) is 64.3 Å². The molecule has 1 aromatic heterocycles. The molecule has 0 atom stereocenters. The molecule has 1 aromatic carbocycles. The molecule has 0 aliphatic rings. The maximum absolute atomic E-state index is 14.2. The third kappa shape index (κ3) is 3.29. The van der Waals surface area contributed by atoms with Gasteiger partial charge in [-0.25, -0.2) is 13.8 Å². The molecule has 0 saturated carbocycles. The summed E-state index contributed by atoms with van der Waals surface area (Å²) in [4.78, 5) is 36.0. The van der Waals surface area contributed by atoms with Crippen LogP contribution in [0.25, 0.3) is 5.69 Å². The Morgan fingerprint density at radius 3 is 2.32 bits per heavy atom. The summed E-state index contributed by atoms with van der Waals surface area (Å²) in [6.07, 6.45) is -4.59. The van der Waals surface area contributed by atoms with Crippen LogP contribution in [0.4, 0.5) is 23.2 Å². The zero-order chi connectivity index (χ0) is 19.1. The SMILES string of the molecule is CN(C=O)c1cc(-n2c(=O)cc(C(F)(F)F)n(C)c2=O)c(F)cc1Cl. The molecular formula is C14H10ClF4N3O3. The Hall–Kier alpha value is -2.62. The molecule has 6 nitrogen and oxygen atoms in total. The molecule has 0 spiro atoms. The lowest BCUT2D eigenvalue weighted by molar-refractivity contribution is -0.144. The van der Waals surface area contributed by atoms with Crippen molar-refractivity contribution in [2.45, 2.75) is 6.18 Å². The summed E-state index contributed by atoms with van der Waals surface area (Å²) in [5.74, 6) is -1.12. The minimum absolute atomic E-state index is 0.0399. The van der Waals surface area contributed by atoms with Crippen LogP contribution in [0.1, 0.15) is 5.69 Å². The highest BCUT2D eigenvalue weighted by Gasteiger charge is 2.35. The fraction of sp³-hybridized carbons (Fsp3) is 0.214. The first-order valence-corrected chi connectivity index (χ1v) is 6.94. The van der Waals surface area contributed by atoms with Crippen molar-refractivity contribution < 1.29 is 22.4 Å². The molecule has 0 saturated heterocycles. The smallest absolute Gasteiger partial charge is 0.317 e. The second kappa shape index (κ2) is 6.36. The predicted octanol–water partition coefficient (Wildman–Crippen LogP) is 1.94. The summed E-state index contributed by atoms with van der Waals surface area (Å²) in [6.45, 7) is 0. The summed E-state index contributed by atoms with van der Waals surface area (Å²) in [5, 5.41) is -0.187. The van der Waals surface area contributed by atoms with Gasteiger partial charge in [-0.3, -0.25) is 14.2 Å². The van der Waals surface area contributed by atoms with Gasteiger partial charge >= 0.3 is 11.9 Å². The van der Waals surface area contributed by atoms with E-state index in [4.69, 9.17) is 11.6 Å². The lowest BCUT2D eigenvalue weighted by atomic mass is 10.2. The monoisotopic (exact) mass is 379 g/mol. The Morgan fingerprint density at radius 2 is 1.80 bits per heavy atom. The van der Waals surface area contributed by atoms with Crippen molar-refractivity contribution in [2.75, 3.05) is 11.9 Å². The molecule has 0 N–H and O–H groups in total. The number of hydrogen-bond donors (Lipinski definition) is 0. The number of anilines is 1. The van der Waals surface area contributed by atoms with Crippen molar-refractivity contribution in [3.05, 3.63) is 55.6 Å². The average molecular weight is 380 g/mol. The Labute approximate surface area is 142 Å². The van der Waals surface area contributed by atoms with Crippen molar-refractivity contribution in [3.8, 4) is 5.69 Å². The fourth-order valence-corrected chi connectivity index (χ4v) is 2.43. The van der Waals surface area contributed by atoms with Crippen molar-refractivity contribution in [2.24, 2.45) is 7.05 Å². The molecule has 0 unspecified atom stereocenters. The Morgan fingerprint density at radius 1 is 1.20 bits per heavy atom. The number of rotatable bonds is 3. The van der Waals surface area contributed by atoms with Gasteiger partial charge in [-0.1, -0.05) is 11.6 Å². The van der Waals surface area contributed by atoms with E-state index in [9.17, 15) is 31.9 Å². The van der Waals surface area contributed by atoms with Crippen LogP contribution in [0.2, 0.25) is 5.02 Å². The molecule has 0 bridgehead atoms. The molecule has 1 amide bonds. The minimum Gasteiger partial charge on any atom is -0.317 e. The first kappa shape index (κ1) is 18.7. The molecule has 2 aromatic rings. The van der Waals surface area contributed by atoms with Crippen LogP contribution in [-0.4, -0.2) is 22.6 Å². The molecule has 11 heteroatoms. The summed E-state index contributed by atoms with van der Waals surface area (Å²) in [7, 11) is 2.08. The van der Waals surface area contributed by atoms with E-state index in [0.29, 0.717) is 6.41 Å². The van der Waals surface area contributed by atoms with Crippen LogP contribution < -0.4 is 16.1 Å². The second-order valence-electron chi connectivity index (χ2n) is 5.01. The third-order valence-corrected chi connectivity index (χ3v) is 3.71. The summed E-state index contributed by atoms with van der Waals surface area (Å²) >= 11 is 5.80. The van der Waals surface area contributed by atoms with Gasteiger partial charge in [0.25, 0.3) is 5.56 Å². The summed E-state index contributed by atoms with van der Waals surface area (Å²) in [6, 6.07) is 1.84. The van der Waals surface area contributed by atoms with Gasteiger partial charge in [-0.15, -0.1) is 0 Å². The second-order valence-corrected chi connectivity index (χ2v) is 5.42. The van der Waals surface area contributed by atoms with Crippen LogP contribution in [0.5, 0.6) is 0 Å². The molecule has 0 aliphatic heterocycles. The highest BCUT2D eigenvalue weighted by Crippen LogP contribution is 2.30. The first-order chi connectivity index (χ1) is 11.5. The van der Waals surface area contributed by atoms with E-state index in [2.05, 4.69) is 0 Å². The summed E-state index contributed by atoms with van der Waals surface area (Å²) < 4.78 is 53.1. The van der Waals surface area contributed by atoms with E-state index in [1.807, 2.05) is 0 Å². The van der Waals surface area contributed by atoms with Gasteiger partial charge in [0.2, 0.25) is 6.41 Å². The molecule has 2 rings (SSSR count). The third-order valence-electron chi connectivity index (χ3n) is 3.41. The molecule has 0 aliphatic carbocycles. The van der Waals surface area contributed by atoms with Gasteiger partial charge in [0.15, 0.2) is 0 Å². The van der Waals surface area contributed by atoms with Crippen LogP contribution in [0.15, 0.2) is 27.8 Å². The largest absolute Gasteiger partial charge is 0.431 e. The lowest BCUT2D eigenvalue weighted by Crippen LogP contribution is -2.41. The van der Waals surface area contributed by atoms with Crippen LogP contribution in [0, 0.1) is 5.82 Å². The molecule has 0 fully saturated rings. The van der Waals surface area contributed by atoms with Crippen molar-refractivity contribution >= 4 is 23.7 Å². The zero-order valence-electron chi connectivity index (χ0n) is 12.8. The van der Waals surface area contributed by atoms with E-state index in [-0.39, 0.29) is 25.9 Å². The molecule has 25 heavy (non-hydrogen) atoms. The zero-order valence-corrected chi connectivity index (χ0v) is 13.5. The highest BCUT2D eigenvalue weighted by molar-refractivity contribution is 6.33. The normalized spacial score (nSPS) is 11.5. The number of hydrogen-bond acceptors (Lipinski definition) is 3. The van der Waals surface area contributed by atoms with Gasteiger partial charge in [0, 0.05) is 20.2 Å². The number of amides is 1. The van der Waals surface area contributed by atoms with Crippen LogP contribution in [0.3, 0.4) is 0 Å². The van der Waals surface area contributed by atoms with Crippen molar-refractivity contribution in [1.82, 2.24) is 9.13 Å². The van der Waals surface area contributed by atoms with Gasteiger partial charge < -0.3 is 4.90 Å². The molecule has 134 valence electrons. The lowest BCUT2D eigenvalue weighted by Gasteiger charge is -2.17. The number of carbonyl (C=O) groups is 1. The molecule has 0 radical (unpaired) electrons. The van der Waals surface area contributed by atoms with E-state index in [1.54, 1.807) is 0 Å². The Balaban J connectivity index is 2.85. The first-order valence-electron chi connectivity index (χ1n) is 6.57. The Bertz CT molecular complexity index is 966. The van der Waals surface area contributed by atoms with Gasteiger partial charge in [0.05, 0.1) is 16.4 Å². The van der Waals surface area contributed by atoms with Gasteiger partial charge in [0.1, 0.15) is 11.5 Å². The molecule has 1 heterocycles. The van der Waals surface area contributed by atoms with E-state index in [0.717, 1.165) is 24.1 Å². The predicted molar refractivity (Wildman–Crippen MR) is 81.7 cm³/mol. The van der Waals surface area contributed by atoms with E-state index < -0.39 is 34.6 Å². The molecular weight excluding hydrogens is 370 g/mol. The number of alkyl halides is 3. The van der Waals surface area contributed by atoms with E-state index in [1.165, 1.54) is 7.05 Å². The highest BCUT2D eigenvalue weighted by atomic mass is 35.5. The standard InChI is InChI=1S/C14H10ClF4N3O3/c1-20(6-23)9-4-10(8(16)3-7(9)15)22-12(24)5-11(14(17,18)19)21(2)13(22)25/h3-6H,1-2H3. The number of carbonyl (C=O) groups excluding carboxylic acids is 1. The van der Waals surface area contributed by atoms with Crippen molar-refractivity contribution in [3.63, 3.8) is 0 Å². The van der Waals surface area contributed by atoms with Gasteiger partial charge in [-0.2, -0.15) is 13.2 Å².